The SMILES string of the molecule is CCCOc1ccc(N2C(=O)[C@H]3[C@H](ON(c4ccccc4)[C@H]3c3ccc(N(C)C)cc3)C2=O)cc1. The van der Waals surface area contributed by atoms with Crippen molar-refractivity contribution in [3.05, 3.63) is 84.4 Å². The zero-order valence-electron chi connectivity index (χ0n) is 20.1. The third-order valence-electron chi connectivity index (χ3n) is 6.44. The fourth-order valence-corrected chi connectivity index (χ4v) is 4.69. The number of ether oxygens (including phenoxy) is 1. The van der Waals surface area contributed by atoms with Gasteiger partial charge in [0.2, 0.25) is 5.91 Å². The summed E-state index contributed by atoms with van der Waals surface area (Å²) in [5.41, 5.74) is 3.29. The molecule has 0 N–H and O–H groups in total. The van der Waals surface area contributed by atoms with Crippen LogP contribution in [0, 0.1) is 5.92 Å². The summed E-state index contributed by atoms with van der Waals surface area (Å²) in [7, 11) is 3.96. The van der Waals surface area contributed by atoms with Gasteiger partial charge in [0.1, 0.15) is 11.7 Å². The summed E-state index contributed by atoms with van der Waals surface area (Å²) in [5.74, 6) is -0.568. The molecule has 2 saturated heterocycles. The quantitative estimate of drug-likeness (QED) is 0.470. The monoisotopic (exact) mass is 471 g/mol. The van der Waals surface area contributed by atoms with Crippen LogP contribution in [-0.2, 0) is 14.4 Å². The summed E-state index contributed by atoms with van der Waals surface area (Å²) >= 11 is 0. The molecule has 0 saturated carbocycles. The van der Waals surface area contributed by atoms with Crippen molar-refractivity contribution < 1.29 is 19.2 Å². The molecule has 2 amide bonds. The van der Waals surface area contributed by atoms with Crippen LogP contribution in [0.1, 0.15) is 24.9 Å². The Morgan fingerprint density at radius 2 is 1.54 bits per heavy atom. The Morgan fingerprint density at radius 3 is 2.17 bits per heavy atom. The summed E-state index contributed by atoms with van der Waals surface area (Å²) in [6.45, 7) is 2.65. The predicted octanol–water partition coefficient (Wildman–Crippen LogP) is 4.59. The number of carbonyl (C=O) groups is 2. The molecular weight excluding hydrogens is 442 g/mol. The van der Waals surface area contributed by atoms with E-state index in [2.05, 4.69) is 0 Å². The average Bonchev–Trinajstić information content (AvgIpc) is 3.39. The van der Waals surface area contributed by atoms with Gasteiger partial charge in [-0.1, -0.05) is 37.3 Å². The van der Waals surface area contributed by atoms with Crippen LogP contribution in [0.25, 0.3) is 0 Å². The lowest BCUT2D eigenvalue weighted by atomic mass is 9.90. The number of fused-ring (bicyclic) bond motifs is 1. The molecule has 3 atom stereocenters. The first kappa shape index (κ1) is 22.9. The molecule has 7 heteroatoms. The molecule has 3 aromatic rings. The summed E-state index contributed by atoms with van der Waals surface area (Å²) in [6.07, 6.45) is 0.0117. The molecule has 2 fully saturated rings. The first-order valence-corrected chi connectivity index (χ1v) is 11.9. The second-order valence-electron chi connectivity index (χ2n) is 9.00. The third-order valence-corrected chi connectivity index (χ3v) is 6.44. The van der Waals surface area contributed by atoms with E-state index in [-0.39, 0.29) is 11.8 Å². The Balaban J connectivity index is 1.49. The molecule has 2 heterocycles. The minimum atomic E-state index is -0.891. The van der Waals surface area contributed by atoms with E-state index in [0.29, 0.717) is 18.0 Å². The van der Waals surface area contributed by atoms with Gasteiger partial charge in [-0.3, -0.25) is 14.4 Å². The number of hydroxylamine groups is 1. The minimum Gasteiger partial charge on any atom is -0.494 e. The number of imide groups is 1. The Morgan fingerprint density at radius 1 is 0.857 bits per heavy atom. The predicted molar refractivity (Wildman–Crippen MR) is 136 cm³/mol. The summed E-state index contributed by atoms with van der Waals surface area (Å²) in [5, 5.41) is 1.72. The molecule has 0 unspecified atom stereocenters. The maximum atomic E-state index is 13.7. The zero-order chi connectivity index (χ0) is 24.5. The molecule has 0 radical (unpaired) electrons. The van der Waals surface area contributed by atoms with Crippen molar-refractivity contribution in [3.8, 4) is 5.75 Å². The molecule has 0 aliphatic carbocycles. The topological polar surface area (TPSA) is 62.3 Å². The number of benzene rings is 3. The number of rotatable bonds is 7. The van der Waals surface area contributed by atoms with Crippen molar-refractivity contribution in [2.75, 3.05) is 35.6 Å². The second-order valence-corrected chi connectivity index (χ2v) is 9.00. The van der Waals surface area contributed by atoms with E-state index in [1.165, 1.54) is 4.90 Å². The number of para-hydroxylation sites is 1. The van der Waals surface area contributed by atoms with Gasteiger partial charge in [-0.25, -0.2) is 9.96 Å². The Bertz CT molecular complexity index is 1200. The van der Waals surface area contributed by atoms with Gasteiger partial charge < -0.3 is 9.64 Å². The molecule has 3 aromatic carbocycles. The molecule has 180 valence electrons. The largest absolute Gasteiger partial charge is 0.494 e. The van der Waals surface area contributed by atoms with E-state index in [1.807, 2.05) is 80.5 Å². The number of amides is 2. The van der Waals surface area contributed by atoms with Gasteiger partial charge in [0.25, 0.3) is 5.91 Å². The van der Waals surface area contributed by atoms with Gasteiger partial charge in [-0.15, -0.1) is 0 Å². The van der Waals surface area contributed by atoms with Crippen molar-refractivity contribution in [1.82, 2.24) is 0 Å². The second kappa shape index (κ2) is 9.43. The van der Waals surface area contributed by atoms with Gasteiger partial charge in [0.05, 0.1) is 24.0 Å². The van der Waals surface area contributed by atoms with Gasteiger partial charge in [-0.2, -0.15) is 0 Å². The van der Waals surface area contributed by atoms with Crippen molar-refractivity contribution in [1.29, 1.82) is 0 Å². The van der Waals surface area contributed by atoms with E-state index in [0.717, 1.165) is 23.4 Å². The van der Waals surface area contributed by atoms with E-state index < -0.39 is 18.1 Å². The standard InChI is InChI=1S/C28H29N3O4/c1-4-18-34-23-16-14-21(15-17-23)30-27(32)24-25(19-10-12-20(13-11-19)29(2)3)31(35-26(24)28(30)33)22-8-6-5-7-9-22/h5-17,24-26H,4,18H2,1-3H3/t24-,25+,26+/m1/s1. The number of nitrogens with zero attached hydrogens (tertiary/aromatic N) is 3. The fourth-order valence-electron chi connectivity index (χ4n) is 4.69. The van der Waals surface area contributed by atoms with Crippen LogP contribution in [0.3, 0.4) is 0 Å². The molecule has 0 bridgehead atoms. The van der Waals surface area contributed by atoms with Crippen molar-refractivity contribution >= 4 is 28.9 Å². The van der Waals surface area contributed by atoms with Crippen LogP contribution in [0.5, 0.6) is 5.75 Å². The number of hydrogen-bond donors (Lipinski definition) is 0. The lowest BCUT2D eigenvalue weighted by molar-refractivity contribution is -0.126. The average molecular weight is 472 g/mol. The van der Waals surface area contributed by atoms with E-state index in [1.54, 1.807) is 29.3 Å². The zero-order valence-corrected chi connectivity index (χ0v) is 20.1. The molecular formula is C28H29N3O4. The van der Waals surface area contributed by atoms with Crippen LogP contribution in [0.15, 0.2) is 78.9 Å². The molecule has 0 aromatic heterocycles. The van der Waals surface area contributed by atoms with Crippen LogP contribution in [0.2, 0.25) is 0 Å². The number of carbonyl (C=O) groups excluding carboxylic acids is 2. The van der Waals surface area contributed by atoms with Crippen molar-refractivity contribution in [3.63, 3.8) is 0 Å². The van der Waals surface area contributed by atoms with Gasteiger partial charge in [0, 0.05) is 19.8 Å². The molecule has 2 aliphatic heterocycles. The van der Waals surface area contributed by atoms with E-state index >= 15 is 0 Å². The Labute approximate surface area is 205 Å². The highest BCUT2D eigenvalue weighted by Gasteiger charge is 2.60. The van der Waals surface area contributed by atoms with Gasteiger partial charge >= 0.3 is 0 Å². The minimum absolute atomic E-state index is 0.262. The third kappa shape index (κ3) is 4.12. The number of hydrogen-bond acceptors (Lipinski definition) is 6. The molecule has 2 aliphatic rings. The maximum Gasteiger partial charge on any atom is 0.266 e. The highest BCUT2D eigenvalue weighted by molar-refractivity contribution is 6.23. The molecule has 0 spiro atoms. The van der Waals surface area contributed by atoms with Crippen molar-refractivity contribution in [2.45, 2.75) is 25.5 Å². The lowest BCUT2D eigenvalue weighted by Crippen LogP contribution is -2.37. The highest BCUT2D eigenvalue weighted by Crippen LogP contribution is 2.47. The maximum absolute atomic E-state index is 13.7. The van der Waals surface area contributed by atoms with Crippen LogP contribution in [-0.4, -0.2) is 38.6 Å². The molecule has 35 heavy (non-hydrogen) atoms. The summed E-state index contributed by atoms with van der Waals surface area (Å²) in [4.78, 5) is 36.7. The summed E-state index contributed by atoms with van der Waals surface area (Å²) in [6, 6.07) is 24.3. The normalized spacial score (nSPS) is 21.4. The first-order valence-electron chi connectivity index (χ1n) is 11.9. The smallest absolute Gasteiger partial charge is 0.266 e. The highest BCUT2D eigenvalue weighted by atomic mass is 16.7. The number of anilines is 3. The fraction of sp³-hybridized carbons (Fsp3) is 0.286. The lowest BCUT2D eigenvalue weighted by Gasteiger charge is -2.29. The van der Waals surface area contributed by atoms with Crippen molar-refractivity contribution in [2.24, 2.45) is 5.92 Å². The van der Waals surface area contributed by atoms with Crippen LogP contribution in [0.4, 0.5) is 17.1 Å². The Kier molecular flexibility index (Phi) is 6.17. The van der Waals surface area contributed by atoms with Gasteiger partial charge in [-0.05, 0) is 60.5 Å². The molecule has 5 rings (SSSR count). The summed E-state index contributed by atoms with van der Waals surface area (Å²) < 4.78 is 5.64. The molecule has 7 nitrogen and oxygen atoms in total. The van der Waals surface area contributed by atoms with E-state index in [9.17, 15) is 9.59 Å². The first-order chi connectivity index (χ1) is 17.0. The van der Waals surface area contributed by atoms with Crippen LogP contribution >= 0.6 is 0 Å². The van der Waals surface area contributed by atoms with Gasteiger partial charge in [0.15, 0.2) is 6.10 Å². The van der Waals surface area contributed by atoms with E-state index in [4.69, 9.17) is 9.57 Å². The van der Waals surface area contributed by atoms with Crippen LogP contribution < -0.4 is 19.6 Å². The Hall–Kier alpha value is -3.84.